The first-order valence-electron chi connectivity index (χ1n) is 9.44. The molecule has 1 N–H and O–H groups in total. The lowest BCUT2D eigenvalue weighted by atomic mass is 9.53. The molecule has 4 aliphatic rings. The monoisotopic (exact) mass is 407 g/mol. The van der Waals surface area contributed by atoms with E-state index in [0.29, 0.717) is 29.1 Å². The van der Waals surface area contributed by atoms with Gasteiger partial charge in [0.15, 0.2) is 0 Å². The Bertz CT molecular complexity index is 939. The van der Waals surface area contributed by atoms with Crippen LogP contribution in [-0.4, -0.2) is 9.78 Å². The van der Waals surface area contributed by atoms with Gasteiger partial charge >= 0.3 is 0 Å². The maximum atomic E-state index is 13.3. The Morgan fingerprint density at radius 3 is 2.33 bits per heavy atom. The summed E-state index contributed by atoms with van der Waals surface area (Å²) in [5, 5.41) is 7.66. The highest BCUT2D eigenvalue weighted by atomic mass is 35.5. The van der Waals surface area contributed by atoms with Crippen molar-refractivity contribution in [3.63, 3.8) is 0 Å². The molecule has 6 rings (SSSR count). The first kappa shape index (κ1) is 17.5. The summed E-state index contributed by atoms with van der Waals surface area (Å²) in [6.07, 6.45) is 8.58. The van der Waals surface area contributed by atoms with E-state index in [4.69, 9.17) is 23.2 Å². The number of anilines is 2. The number of hydrogen-bond donors (Lipinski definition) is 1. The lowest BCUT2D eigenvalue weighted by Crippen LogP contribution is -2.55. The van der Waals surface area contributed by atoms with E-state index in [-0.39, 0.29) is 21.1 Å². The summed E-state index contributed by atoms with van der Waals surface area (Å²) in [7, 11) is 0. The molecular formula is C20H20Cl2FN3O. The van der Waals surface area contributed by atoms with E-state index >= 15 is 0 Å². The topological polar surface area (TPSA) is 46.9 Å². The van der Waals surface area contributed by atoms with Gasteiger partial charge in [-0.05, 0) is 74.5 Å². The fourth-order valence-corrected chi connectivity index (χ4v) is 6.27. The number of nitrogens with one attached hydrogen (secondary N) is 1. The highest BCUT2D eigenvalue weighted by Crippen LogP contribution is 2.58. The summed E-state index contributed by atoms with van der Waals surface area (Å²) < 4.78 is 15.0. The Morgan fingerprint density at radius 1 is 1.11 bits per heavy atom. The van der Waals surface area contributed by atoms with Crippen LogP contribution in [0, 0.1) is 23.6 Å². The van der Waals surface area contributed by atoms with Gasteiger partial charge in [0.25, 0.3) is 5.56 Å². The van der Waals surface area contributed by atoms with Gasteiger partial charge in [0.05, 0.1) is 22.4 Å². The molecule has 4 nitrogen and oxygen atoms in total. The van der Waals surface area contributed by atoms with Gasteiger partial charge in [-0.3, -0.25) is 4.79 Å². The molecule has 0 amide bonds. The average Bonchev–Trinajstić information content (AvgIpc) is 2.61. The van der Waals surface area contributed by atoms with Crippen molar-refractivity contribution in [3.8, 4) is 0 Å². The molecule has 0 radical (unpaired) electrons. The van der Waals surface area contributed by atoms with Crippen molar-refractivity contribution in [1.29, 1.82) is 0 Å². The summed E-state index contributed by atoms with van der Waals surface area (Å²) in [6.45, 7) is 0. The normalized spacial score (nSPS) is 31.3. The highest BCUT2D eigenvalue weighted by molar-refractivity contribution is 6.33. The van der Waals surface area contributed by atoms with E-state index in [2.05, 4.69) is 10.4 Å². The van der Waals surface area contributed by atoms with Gasteiger partial charge in [-0.15, -0.1) is 0 Å². The Balaban J connectivity index is 1.49. The third-order valence-corrected chi connectivity index (χ3v) is 7.23. The SMILES string of the molecule is O=c1c(Cl)c(Nc2ccc(F)c(Cl)c2)cnn1C12CC3CC(CC(C3)C1)C2. The van der Waals surface area contributed by atoms with Crippen molar-refractivity contribution in [3.05, 3.63) is 50.6 Å². The van der Waals surface area contributed by atoms with Crippen LogP contribution in [0.3, 0.4) is 0 Å². The van der Waals surface area contributed by atoms with Crippen molar-refractivity contribution < 1.29 is 4.39 Å². The fourth-order valence-electron chi connectivity index (χ4n) is 5.91. The van der Waals surface area contributed by atoms with Gasteiger partial charge in [0, 0.05) is 5.69 Å². The Labute approximate surface area is 166 Å². The molecule has 4 aliphatic carbocycles. The average molecular weight is 408 g/mol. The summed E-state index contributed by atoms with van der Waals surface area (Å²) in [5.74, 6) is 1.64. The summed E-state index contributed by atoms with van der Waals surface area (Å²) in [6, 6.07) is 4.27. The molecule has 2 aromatic rings. The number of benzene rings is 1. The van der Waals surface area contributed by atoms with Gasteiger partial charge in [-0.1, -0.05) is 23.2 Å². The molecule has 0 atom stereocenters. The molecule has 0 aliphatic heterocycles. The van der Waals surface area contributed by atoms with Crippen LogP contribution < -0.4 is 10.9 Å². The van der Waals surface area contributed by atoms with Crippen LogP contribution >= 0.6 is 23.2 Å². The molecule has 27 heavy (non-hydrogen) atoms. The van der Waals surface area contributed by atoms with E-state index in [1.54, 1.807) is 16.9 Å². The van der Waals surface area contributed by atoms with Crippen LogP contribution in [0.5, 0.6) is 0 Å². The molecule has 1 aromatic heterocycles. The third-order valence-electron chi connectivity index (χ3n) is 6.57. The zero-order valence-electron chi connectivity index (χ0n) is 14.7. The molecule has 0 unspecified atom stereocenters. The number of halogens is 3. The Kier molecular flexibility index (Phi) is 4.03. The summed E-state index contributed by atoms with van der Waals surface area (Å²) >= 11 is 12.2. The third kappa shape index (κ3) is 2.87. The first-order chi connectivity index (χ1) is 12.9. The zero-order valence-corrected chi connectivity index (χ0v) is 16.2. The molecule has 1 heterocycles. The van der Waals surface area contributed by atoms with Crippen LogP contribution in [0.4, 0.5) is 15.8 Å². The maximum absolute atomic E-state index is 13.3. The summed E-state index contributed by atoms with van der Waals surface area (Å²) in [4.78, 5) is 13.1. The van der Waals surface area contributed by atoms with E-state index in [1.807, 2.05) is 0 Å². The quantitative estimate of drug-likeness (QED) is 0.744. The minimum atomic E-state index is -0.497. The lowest BCUT2D eigenvalue weighted by molar-refractivity contribution is -0.0518. The molecule has 1 aromatic carbocycles. The fraction of sp³-hybridized carbons (Fsp3) is 0.500. The predicted molar refractivity (Wildman–Crippen MR) is 104 cm³/mol. The van der Waals surface area contributed by atoms with Crippen molar-refractivity contribution in [2.45, 2.75) is 44.1 Å². The van der Waals surface area contributed by atoms with Crippen molar-refractivity contribution in [2.24, 2.45) is 17.8 Å². The molecule has 4 bridgehead atoms. The van der Waals surface area contributed by atoms with Gasteiger partial charge in [-0.25, -0.2) is 9.07 Å². The van der Waals surface area contributed by atoms with Crippen LogP contribution in [0.15, 0.2) is 29.2 Å². The number of hydrogen-bond acceptors (Lipinski definition) is 3. The zero-order chi connectivity index (χ0) is 18.8. The minimum Gasteiger partial charge on any atom is -0.353 e. The second-order valence-corrected chi connectivity index (χ2v) is 9.27. The number of aromatic nitrogens is 2. The van der Waals surface area contributed by atoms with Gasteiger partial charge in [0.1, 0.15) is 10.8 Å². The minimum absolute atomic E-state index is 0.00555. The van der Waals surface area contributed by atoms with Crippen LogP contribution in [0.1, 0.15) is 38.5 Å². The van der Waals surface area contributed by atoms with Gasteiger partial charge in [-0.2, -0.15) is 5.10 Å². The molecule has 0 saturated heterocycles. The smallest absolute Gasteiger partial charge is 0.288 e. The van der Waals surface area contributed by atoms with E-state index < -0.39 is 5.82 Å². The van der Waals surface area contributed by atoms with E-state index in [0.717, 1.165) is 19.3 Å². The molecular weight excluding hydrogens is 388 g/mol. The highest BCUT2D eigenvalue weighted by Gasteiger charge is 2.53. The van der Waals surface area contributed by atoms with Crippen LogP contribution in [0.25, 0.3) is 0 Å². The van der Waals surface area contributed by atoms with Crippen LogP contribution in [0.2, 0.25) is 10.0 Å². The second kappa shape index (κ2) is 6.21. The Morgan fingerprint density at radius 2 is 1.74 bits per heavy atom. The van der Waals surface area contributed by atoms with E-state index in [9.17, 15) is 9.18 Å². The van der Waals surface area contributed by atoms with Gasteiger partial charge < -0.3 is 5.32 Å². The molecule has 0 spiro atoms. The molecule has 142 valence electrons. The predicted octanol–water partition coefficient (Wildman–Crippen LogP) is 5.36. The van der Waals surface area contributed by atoms with Crippen molar-refractivity contribution >= 4 is 34.6 Å². The Hall–Kier alpha value is -1.59. The van der Waals surface area contributed by atoms with Gasteiger partial charge in [0.2, 0.25) is 0 Å². The van der Waals surface area contributed by atoms with E-state index in [1.165, 1.54) is 31.4 Å². The van der Waals surface area contributed by atoms with Crippen molar-refractivity contribution in [1.82, 2.24) is 9.78 Å². The standard InChI is InChI=1S/C20H20Cl2FN3O/c21-15-6-14(1-2-16(15)23)25-17-10-24-26(19(27)18(17)22)20-7-11-3-12(8-20)5-13(4-11)9-20/h1-2,6,10-13,25H,3-5,7-9H2. The maximum Gasteiger partial charge on any atom is 0.288 e. The molecule has 4 fully saturated rings. The lowest BCUT2D eigenvalue weighted by Gasteiger charge is -2.56. The number of rotatable bonds is 3. The second-order valence-electron chi connectivity index (χ2n) is 8.48. The molecule has 4 saturated carbocycles. The first-order valence-corrected chi connectivity index (χ1v) is 10.2. The van der Waals surface area contributed by atoms with Crippen molar-refractivity contribution in [2.75, 3.05) is 5.32 Å². The largest absolute Gasteiger partial charge is 0.353 e. The summed E-state index contributed by atoms with van der Waals surface area (Å²) in [5.41, 5.74) is 0.534. The molecule has 7 heteroatoms. The van der Waals surface area contributed by atoms with Crippen LogP contribution in [-0.2, 0) is 5.54 Å². The number of nitrogens with zero attached hydrogens (tertiary/aromatic N) is 2.